The number of nitrogens with one attached hydrogen (secondary N) is 1. The van der Waals surface area contributed by atoms with Crippen molar-refractivity contribution in [2.75, 3.05) is 26.0 Å². The third-order valence-corrected chi connectivity index (χ3v) is 3.46. The maximum Gasteiger partial charge on any atom is 0.0587 e. The Bertz CT molecular complexity index is 335. The van der Waals surface area contributed by atoms with Gasteiger partial charge in [0.1, 0.15) is 0 Å². The van der Waals surface area contributed by atoms with E-state index in [9.17, 15) is 0 Å². The molecule has 0 fully saturated rings. The summed E-state index contributed by atoms with van der Waals surface area (Å²) in [6.45, 7) is 8.51. The lowest BCUT2D eigenvalue weighted by atomic mass is 10.2. The molecule has 0 aromatic heterocycles. The first kappa shape index (κ1) is 14.3. The van der Waals surface area contributed by atoms with E-state index < -0.39 is 0 Å². The lowest BCUT2D eigenvalue weighted by molar-refractivity contribution is 0.199. The van der Waals surface area contributed by atoms with Gasteiger partial charge in [0.2, 0.25) is 0 Å². The maximum atomic E-state index is 4.98. The molecule has 1 aromatic carbocycles. The van der Waals surface area contributed by atoms with Crippen LogP contribution in [0.15, 0.2) is 41.3 Å². The minimum atomic E-state index is 0.756. The highest BCUT2D eigenvalue weighted by molar-refractivity contribution is 7.99. The van der Waals surface area contributed by atoms with Crippen molar-refractivity contribution in [3.8, 4) is 0 Å². The number of hydrogen-bond acceptors (Lipinski definition) is 3. The molecule has 1 aromatic rings. The molecule has 0 atom stereocenters. The minimum Gasteiger partial charge on any atom is -0.383 e. The Morgan fingerprint density at radius 1 is 1.35 bits per heavy atom. The largest absolute Gasteiger partial charge is 0.383 e. The fraction of sp³-hybridized carbons (Fsp3) is 0.429. The standard InChI is InChI=1S/C14H21NOS/c1-12(2)11-17-14-6-4-13(5-7-14)10-15-8-9-16-3/h4-7,15H,1,8-11H2,2-3H3. The van der Waals surface area contributed by atoms with Crippen LogP contribution in [0.5, 0.6) is 0 Å². The van der Waals surface area contributed by atoms with Crippen LogP contribution in [0.3, 0.4) is 0 Å². The van der Waals surface area contributed by atoms with Crippen molar-refractivity contribution in [3.05, 3.63) is 42.0 Å². The molecule has 0 saturated heterocycles. The van der Waals surface area contributed by atoms with Gasteiger partial charge in [0.15, 0.2) is 0 Å². The van der Waals surface area contributed by atoms with Gasteiger partial charge in [-0.2, -0.15) is 0 Å². The Hall–Kier alpha value is -0.770. The van der Waals surface area contributed by atoms with E-state index >= 15 is 0 Å². The number of ether oxygens (including phenoxy) is 1. The molecular weight excluding hydrogens is 230 g/mol. The molecule has 0 saturated carbocycles. The van der Waals surface area contributed by atoms with Crippen LogP contribution in [-0.4, -0.2) is 26.0 Å². The van der Waals surface area contributed by atoms with Crippen LogP contribution >= 0.6 is 11.8 Å². The summed E-state index contributed by atoms with van der Waals surface area (Å²) in [7, 11) is 1.72. The maximum absolute atomic E-state index is 4.98. The van der Waals surface area contributed by atoms with Gasteiger partial charge in [-0.25, -0.2) is 0 Å². The van der Waals surface area contributed by atoms with E-state index in [0.29, 0.717) is 0 Å². The lowest BCUT2D eigenvalue weighted by Gasteiger charge is -2.06. The number of benzene rings is 1. The van der Waals surface area contributed by atoms with Crippen LogP contribution < -0.4 is 5.32 Å². The normalized spacial score (nSPS) is 10.5. The van der Waals surface area contributed by atoms with Crippen LogP contribution in [0, 0.1) is 0 Å². The second-order valence-corrected chi connectivity index (χ2v) is 5.11. The average Bonchev–Trinajstić information content (AvgIpc) is 2.33. The van der Waals surface area contributed by atoms with Crippen LogP contribution in [-0.2, 0) is 11.3 Å². The molecule has 2 nitrogen and oxygen atoms in total. The number of methoxy groups -OCH3 is 1. The van der Waals surface area contributed by atoms with Gasteiger partial charge < -0.3 is 10.1 Å². The zero-order valence-electron chi connectivity index (χ0n) is 10.7. The van der Waals surface area contributed by atoms with E-state index in [0.717, 1.165) is 25.4 Å². The van der Waals surface area contributed by atoms with E-state index in [1.54, 1.807) is 7.11 Å². The Morgan fingerprint density at radius 2 is 2.06 bits per heavy atom. The van der Waals surface area contributed by atoms with Crippen LogP contribution in [0.4, 0.5) is 0 Å². The second kappa shape index (κ2) is 8.34. The van der Waals surface area contributed by atoms with Gasteiger partial charge in [-0.1, -0.05) is 24.3 Å². The number of rotatable bonds is 8. The second-order valence-electron chi connectivity index (χ2n) is 4.06. The van der Waals surface area contributed by atoms with E-state index in [2.05, 4.69) is 43.1 Å². The fourth-order valence-corrected chi connectivity index (χ4v) is 2.06. The van der Waals surface area contributed by atoms with Crippen molar-refractivity contribution in [1.29, 1.82) is 0 Å². The molecule has 94 valence electrons. The van der Waals surface area contributed by atoms with E-state index in [4.69, 9.17) is 4.74 Å². The van der Waals surface area contributed by atoms with Crippen molar-refractivity contribution >= 4 is 11.8 Å². The zero-order chi connectivity index (χ0) is 12.5. The highest BCUT2D eigenvalue weighted by Crippen LogP contribution is 2.20. The van der Waals surface area contributed by atoms with E-state index in [1.807, 2.05) is 11.8 Å². The molecule has 1 N–H and O–H groups in total. The molecule has 0 amide bonds. The minimum absolute atomic E-state index is 0.756. The summed E-state index contributed by atoms with van der Waals surface area (Å²) < 4.78 is 4.98. The first-order chi connectivity index (χ1) is 8.22. The third kappa shape index (κ3) is 6.51. The van der Waals surface area contributed by atoms with Crippen LogP contribution in [0.2, 0.25) is 0 Å². The molecule has 3 heteroatoms. The van der Waals surface area contributed by atoms with Crippen LogP contribution in [0.25, 0.3) is 0 Å². The molecule has 0 unspecified atom stereocenters. The first-order valence-corrected chi connectivity index (χ1v) is 6.76. The summed E-state index contributed by atoms with van der Waals surface area (Å²) in [6.07, 6.45) is 0. The fourth-order valence-electron chi connectivity index (χ4n) is 1.32. The highest BCUT2D eigenvalue weighted by Gasteiger charge is 1.96. The summed E-state index contributed by atoms with van der Waals surface area (Å²) in [5.41, 5.74) is 2.51. The summed E-state index contributed by atoms with van der Waals surface area (Å²) in [6, 6.07) is 8.67. The summed E-state index contributed by atoms with van der Waals surface area (Å²) >= 11 is 1.83. The number of thioether (sulfide) groups is 1. The van der Waals surface area contributed by atoms with Crippen molar-refractivity contribution in [3.63, 3.8) is 0 Å². The van der Waals surface area contributed by atoms with E-state index in [-0.39, 0.29) is 0 Å². The predicted octanol–water partition coefficient (Wildman–Crippen LogP) is 3.09. The Morgan fingerprint density at radius 3 is 2.65 bits per heavy atom. The van der Waals surface area contributed by atoms with Crippen molar-refractivity contribution in [2.24, 2.45) is 0 Å². The smallest absolute Gasteiger partial charge is 0.0587 e. The molecule has 17 heavy (non-hydrogen) atoms. The summed E-state index contributed by atoms with van der Waals surface area (Å²) in [5.74, 6) is 0.992. The van der Waals surface area contributed by atoms with Gasteiger partial charge in [0.05, 0.1) is 6.61 Å². The molecule has 0 bridgehead atoms. The molecule has 0 aliphatic heterocycles. The zero-order valence-corrected chi connectivity index (χ0v) is 11.5. The molecule has 0 aliphatic rings. The van der Waals surface area contributed by atoms with Crippen LogP contribution in [0.1, 0.15) is 12.5 Å². The van der Waals surface area contributed by atoms with Crippen molar-refractivity contribution in [2.45, 2.75) is 18.4 Å². The monoisotopic (exact) mass is 251 g/mol. The molecule has 0 aliphatic carbocycles. The van der Waals surface area contributed by atoms with Gasteiger partial charge in [0, 0.05) is 30.8 Å². The van der Waals surface area contributed by atoms with Crippen molar-refractivity contribution < 1.29 is 4.74 Å². The Labute approximate surface area is 108 Å². The predicted molar refractivity (Wildman–Crippen MR) is 75.6 cm³/mol. The molecule has 1 rings (SSSR count). The Balaban J connectivity index is 2.31. The van der Waals surface area contributed by atoms with E-state index in [1.165, 1.54) is 16.0 Å². The average molecular weight is 251 g/mol. The Kier molecular flexibility index (Phi) is 7.01. The van der Waals surface area contributed by atoms with Gasteiger partial charge in [0.25, 0.3) is 0 Å². The number of hydrogen-bond donors (Lipinski definition) is 1. The SMILES string of the molecule is C=C(C)CSc1ccc(CNCCOC)cc1. The van der Waals surface area contributed by atoms with Gasteiger partial charge in [-0.3, -0.25) is 0 Å². The molecule has 0 radical (unpaired) electrons. The molecular formula is C14H21NOS. The quantitative estimate of drug-likeness (QED) is 0.436. The topological polar surface area (TPSA) is 21.3 Å². The lowest BCUT2D eigenvalue weighted by Crippen LogP contribution is -2.18. The van der Waals surface area contributed by atoms with Gasteiger partial charge >= 0.3 is 0 Å². The van der Waals surface area contributed by atoms with Gasteiger partial charge in [-0.05, 0) is 24.6 Å². The summed E-state index contributed by atoms with van der Waals surface area (Å²) in [5, 5.41) is 3.33. The molecule has 0 spiro atoms. The summed E-state index contributed by atoms with van der Waals surface area (Å²) in [4.78, 5) is 1.30. The van der Waals surface area contributed by atoms with Gasteiger partial charge in [-0.15, -0.1) is 11.8 Å². The third-order valence-electron chi connectivity index (χ3n) is 2.22. The molecule has 0 heterocycles. The first-order valence-electron chi connectivity index (χ1n) is 5.78. The highest BCUT2D eigenvalue weighted by atomic mass is 32.2. The van der Waals surface area contributed by atoms with Crippen molar-refractivity contribution in [1.82, 2.24) is 5.32 Å².